The minimum atomic E-state index is -0.278. The fraction of sp³-hybridized carbons (Fsp3) is 0.182. The quantitative estimate of drug-likeness (QED) is 0.176. The summed E-state index contributed by atoms with van der Waals surface area (Å²) in [5, 5.41) is 12.0. The topological polar surface area (TPSA) is 82.3 Å². The molecule has 40 heavy (non-hydrogen) atoms. The van der Waals surface area contributed by atoms with Gasteiger partial charge in [0, 0.05) is 28.5 Å². The first kappa shape index (κ1) is 26.8. The van der Waals surface area contributed by atoms with Crippen LogP contribution in [-0.2, 0) is 0 Å². The summed E-state index contributed by atoms with van der Waals surface area (Å²) in [7, 11) is 0. The van der Waals surface area contributed by atoms with Crippen LogP contribution in [0.25, 0.3) is 50.3 Å². The number of benzene rings is 2. The van der Waals surface area contributed by atoms with Crippen molar-refractivity contribution < 1.29 is 4.39 Å². The summed E-state index contributed by atoms with van der Waals surface area (Å²) in [6.45, 7) is 16.8. The number of aromatic nitrogens is 5. The van der Waals surface area contributed by atoms with Gasteiger partial charge in [0.25, 0.3) is 0 Å². The van der Waals surface area contributed by atoms with Gasteiger partial charge in [-0.3, -0.25) is 5.10 Å². The molecule has 0 aliphatic rings. The minimum Gasteiger partial charge on any atom is -0.359 e. The summed E-state index contributed by atoms with van der Waals surface area (Å²) in [5.74, 6) is 0.323. The molecule has 0 fully saturated rings. The highest BCUT2D eigenvalue weighted by molar-refractivity contribution is 5.97. The maximum absolute atomic E-state index is 13.5. The number of H-pyrrole nitrogens is 2. The molecule has 0 aliphatic heterocycles. The zero-order valence-corrected chi connectivity index (χ0v) is 23.3. The van der Waals surface area contributed by atoms with E-state index in [0.717, 1.165) is 56.5 Å². The van der Waals surface area contributed by atoms with Gasteiger partial charge in [0.05, 0.1) is 11.0 Å². The first-order valence-electron chi connectivity index (χ1n) is 13.2. The number of imidazole rings is 1. The highest BCUT2D eigenvalue weighted by Crippen LogP contribution is 2.32. The van der Waals surface area contributed by atoms with E-state index in [0.29, 0.717) is 17.2 Å². The van der Waals surface area contributed by atoms with Crippen molar-refractivity contribution in [2.75, 3.05) is 0 Å². The Kier molecular flexibility index (Phi) is 7.22. The maximum atomic E-state index is 13.5. The van der Waals surface area contributed by atoms with E-state index < -0.39 is 0 Å². The van der Waals surface area contributed by atoms with E-state index in [1.165, 1.54) is 12.1 Å². The van der Waals surface area contributed by atoms with Gasteiger partial charge in [-0.05, 0) is 77.9 Å². The molecule has 0 radical (unpaired) electrons. The molecule has 0 spiro atoms. The molecular weight excluding hydrogens is 499 g/mol. The maximum Gasteiger partial charge on any atom is 0.178 e. The van der Waals surface area contributed by atoms with Gasteiger partial charge in [-0.2, -0.15) is 5.10 Å². The number of rotatable bonds is 8. The first-order chi connectivity index (χ1) is 19.1. The van der Waals surface area contributed by atoms with Gasteiger partial charge >= 0.3 is 0 Å². The molecule has 2 aromatic carbocycles. The van der Waals surface area contributed by atoms with Crippen molar-refractivity contribution in [2.24, 2.45) is 5.41 Å². The fourth-order valence-corrected chi connectivity index (χ4v) is 4.80. The summed E-state index contributed by atoms with van der Waals surface area (Å²) in [6.07, 6.45) is 8.50. The molecule has 6 nitrogen and oxygen atoms in total. The molecule has 0 saturated carbocycles. The third kappa shape index (κ3) is 5.64. The van der Waals surface area contributed by atoms with Crippen LogP contribution >= 0.6 is 0 Å². The van der Waals surface area contributed by atoms with Crippen molar-refractivity contribution in [1.29, 1.82) is 0 Å². The number of hydrogen-bond acceptors (Lipinski definition) is 4. The Morgan fingerprint density at radius 2 is 1.88 bits per heavy atom. The van der Waals surface area contributed by atoms with Crippen LogP contribution in [0.15, 0.2) is 97.5 Å². The Labute approximate surface area is 233 Å². The molecule has 5 aromatic rings. The van der Waals surface area contributed by atoms with E-state index in [1.54, 1.807) is 24.4 Å². The van der Waals surface area contributed by atoms with Crippen molar-refractivity contribution in [1.82, 2.24) is 30.5 Å². The molecule has 0 saturated heterocycles. The largest absolute Gasteiger partial charge is 0.359 e. The third-order valence-corrected chi connectivity index (χ3v) is 6.57. The van der Waals surface area contributed by atoms with Crippen LogP contribution < -0.4 is 5.32 Å². The minimum absolute atomic E-state index is 0.133. The first-order valence-corrected chi connectivity index (χ1v) is 13.2. The summed E-state index contributed by atoms with van der Waals surface area (Å²) < 4.78 is 13.5. The molecule has 3 aromatic heterocycles. The van der Waals surface area contributed by atoms with E-state index >= 15 is 0 Å². The second-order valence-electron chi connectivity index (χ2n) is 11.0. The highest BCUT2D eigenvalue weighted by atomic mass is 19.1. The van der Waals surface area contributed by atoms with Gasteiger partial charge < -0.3 is 10.3 Å². The summed E-state index contributed by atoms with van der Waals surface area (Å²) >= 11 is 0. The number of aromatic amines is 2. The molecule has 3 heterocycles. The van der Waals surface area contributed by atoms with E-state index in [-0.39, 0.29) is 11.2 Å². The Bertz CT molecular complexity index is 1780. The van der Waals surface area contributed by atoms with Crippen molar-refractivity contribution in [2.45, 2.75) is 34.1 Å². The lowest BCUT2D eigenvalue weighted by Crippen LogP contribution is -2.16. The Hall–Kier alpha value is -4.78. The zero-order chi connectivity index (χ0) is 28.4. The number of nitrogens with zero attached hydrogens (tertiary/aromatic N) is 3. The molecule has 0 atom stereocenters. The van der Waals surface area contributed by atoms with E-state index in [1.807, 2.05) is 19.1 Å². The third-order valence-electron chi connectivity index (χ3n) is 6.57. The predicted octanol–water partition coefficient (Wildman–Crippen LogP) is 8.32. The molecule has 202 valence electrons. The average molecular weight is 533 g/mol. The molecule has 7 heteroatoms. The van der Waals surface area contributed by atoms with Gasteiger partial charge in [0.2, 0.25) is 0 Å². The molecule has 0 unspecified atom stereocenters. The average Bonchev–Trinajstić information content (AvgIpc) is 3.54. The van der Waals surface area contributed by atoms with E-state index in [2.05, 4.69) is 83.7 Å². The van der Waals surface area contributed by atoms with Gasteiger partial charge in [0.1, 0.15) is 11.5 Å². The number of fused-ring (bicyclic) bond motifs is 2. The molecule has 5 rings (SSSR count). The number of pyridine rings is 1. The van der Waals surface area contributed by atoms with Crippen molar-refractivity contribution in [3.05, 3.63) is 109 Å². The van der Waals surface area contributed by atoms with Crippen LogP contribution in [0.3, 0.4) is 0 Å². The SMILES string of the molecule is C=C/C(=C\C(=C/C)c1ccc2[nH]nc(-c3nc4nccc(-c5ccc(F)cc5)c4[nH]3)c2c1)NC(=C)CC(C)(C)C. The lowest BCUT2D eigenvalue weighted by atomic mass is 9.91. The van der Waals surface area contributed by atoms with Crippen LogP contribution in [0.4, 0.5) is 4.39 Å². The molecule has 0 bridgehead atoms. The fourth-order valence-electron chi connectivity index (χ4n) is 4.80. The van der Waals surface area contributed by atoms with Gasteiger partial charge in [-0.15, -0.1) is 0 Å². The molecule has 0 amide bonds. The summed E-state index contributed by atoms with van der Waals surface area (Å²) in [6, 6.07) is 14.5. The van der Waals surface area contributed by atoms with Gasteiger partial charge in [0.15, 0.2) is 11.5 Å². The Balaban J connectivity index is 1.51. The number of nitrogens with one attached hydrogen (secondary N) is 3. The molecule has 0 aliphatic carbocycles. The van der Waals surface area contributed by atoms with Crippen LogP contribution in [0.5, 0.6) is 0 Å². The lowest BCUT2D eigenvalue weighted by Gasteiger charge is -2.21. The highest BCUT2D eigenvalue weighted by Gasteiger charge is 2.17. The van der Waals surface area contributed by atoms with E-state index in [4.69, 9.17) is 4.98 Å². The predicted molar refractivity (Wildman–Crippen MR) is 163 cm³/mol. The number of halogens is 1. The van der Waals surface area contributed by atoms with E-state index in [9.17, 15) is 4.39 Å². The van der Waals surface area contributed by atoms with Crippen LogP contribution in [-0.4, -0.2) is 25.1 Å². The smallest absolute Gasteiger partial charge is 0.178 e. The summed E-state index contributed by atoms with van der Waals surface area (Å²) in [4.78, 5) is 12.6. The Morgan fingerprint density at radius 3 is 2.58 bits per heavy atom. The van der Waals surface area contributed by atoms with Crippen molar-refractivity contribution in [3.8, 4) is 22.6 Å². The van der Waals surface area contributed by atoms with Crippen molar-refractivity contribution in [3.63, 3.8) is 0 Å². The van der Waals surface area contributed by atoms with Crippen LogP contribution in [0.2, 0.25) is 0 Å². The zero-order valence-electron chi connectivity index (χ0n) is 23.3. The number of hydrogen-bond donors (Lipinski definition) is 3. The second-order valence-corrected chi connectivity index (χ2v) is 11.0. The van der Waals surface area contributed by atoms with Crippen LogP contribution in [0, 0.1) is 11.2 Å². The monoisotopic (exact) mass is 532 g/mol. The van der Waals surface area contributed by atoms with Gasteiger partial charge in [-0.1, -0.05) is 58.2 Å². The van der Waals surface area contributed by atoms with Gasteiger partial charge in [-0.25, -0.2) is 14.4 Å². The lowest BCUT2D eigenvalue weighted by molar-refractivity contribution is 0.403. The summed E-state index contributed by atoms with van der Waals surface area (Å²) in [5.41, 5.74) is 8.71. The Morgan fingerprint density at radius 1 is 1.10 bits per heavy atom. The second kappa shape index (κ2) is 10.8. The van der Waals surface area contributed by atoms with Crippen LogP contribution in [0.1, 0.15) is 39.7 Å². The standard InChI is InChI=1S/C33H33FN6/c1-7-21(17-25(8-2)36-20(3)19-33(4,5)6)23-11-14-28-27(18-23)30(40-39-28)32-37-29-26(15-16-35-31(29)38-32)22-9-12-24(34)13-10-22/h7-18,36H,2-3,19H2,1,4-6H3,(H,39,40)(H,35,37,38)/b21-7+,25-17+. The molecular formula is C33H33FN6. The van der Waals surface area contributed by atoms with Crippen molar-refractivity contribution >= 4 is 27.6 Å². The normalized spacial score (nSPS) is 12.7. The number of allylic oxidation sites excluding steroid dienone is 5. The molecule has 3 N–H and O–H groups in total.